The topological polar surface area (TPSA) is 29.1 Å². The van der Waals surface area contributed by atoms with Crippen LogP contribution in [0.5, 0.6) is 0 Å². The number of halogens is 2. The van der Waals surface area contributed by atoms with Gasteiger partial charge in [-0.3, -0.25) is 4.79 Å². The molecular formula is C12H15Cl2NO. The van der Waals surface area contributed by atoms with E-state index in [4.69, 9.17) is 23.2 Å². The number of hydrogen-bond acceptors (Lipinski definition) is 1. The molecule has 0 aromatic heterocycles. The minimum absolute atomic E-state index is 0.136. The predicted octanol–water partition coefficient (Wildman–Crippen LogP) is 3.93. The van der Waals surface area contributed by atoms with Gasteiger partial charge in [-0.25, -0.2) is 0 Å². The van der Waals surface area contributed by atoms with E-state index in [9.17, 15) is 4.79 Å². The maximum absolute atomic E-state index is 12.0. The van der Waals surface area contributed by atoms with Crippen molar-refractivity contribution < 1.29 is 4.79 Å². The second-order valence-electron chi connectivity index (χ2n) is 4.27. The Balaban J connectivity index is 2.84. The highest BCUT2D eigenvalue weighted by molar-refractivity contribution is 6.33. The number of nitrogens with one attached hydrogen (secondary N) is 1. The number of para-hydroxylation sites is 1. The molecule has 0 fully saturated rings. The second kappa shape index (κ2) is 5.07. The van der Waals surface area contributed by atoms with Crippen LogP contribution in [0.25, 0.3) is 0 Å². The number of benzene rings is 1. The molecule has 0 aliphatic rings. The van der Waals surface area contributed by atoms with Crippen LogP contribution in [-0.2, 0) is 4.79 Å². The number of hydrogen-bond donors (Lipinski definition) is 1. The zero-order valence-electron chi connectivity index (χ0n) is 9.55. The molecule has 1 unspecified atom stereocenters. The van der Waals surface area contributed by atoms with Crippen molar-refractivity contribution in [2.75, 3.05) is 5.32 Å². The van der Waals surface area contributed by atoms with Crippen molar-refractivity contribution in [2.24, 2.45) is 5.41 Å². The highest BCUT2D eigenvalue weighted by atomic mass is 35.5. The molecule has 0 aliphatic heterocycles. The molecule has 1 amide bonds. The van der Waals surface area contributed by atoms with E-state index in [-0.39, 0.29) is 11.3 Å². The average Bonchev–Trinajstić information content (AvgIpc) is 2.21. The van der Waals surface area contributed by atoms with Crippen LogP contribution in [0.4, 0.5) is 5.69 Å². The molecule has 4 heteroatoms. The fourth-order valence-electron chi connectivity index (χ4n) is 1.03. The summed E-state index contributed by atoms with van der Waals surface area (Å²) in [7, 11) is 0. The van der Waals surface area contributed by atoms with Crippen LogP contribution in [0.3, 0.4) is 0 Å². The third-order valence-corrected chi connectivity index (χ3v) is 3.58. The average molecular weight is 260 g/mol. The van der Waals surface area contributed by atoms with E-state index in [2.05, 4.69) is 5.32 Å². The van der Waals surface area contributed by atoms with Gasteiger partial charge in [-0.15, -0.1) is 11.6 Å². The van der Waals surface area contributed by atoms with Gasteiger partial charge >= 0.3 is 0 Å². The lowest BCUT2D eigenvalue weighted by molar-refractivity contribution is -0.123. The Morgan fingerprint density at radius 1 is 1.38 bits per heavy atom. The quantitative estimate of drug-likeness (QED) is 0.819. The van der Waals surface area contributed by atoms with Crippen LogP contribution < -0.4 is 5.32 Å². The number of carbonyl (C=O) groups is 1. The van der Waals surface area contributed by atoms with E-state index in [1.165, 1.54) is 0 Å². The first-order chi connectivity index (χ1) is 7.35. The van der Waals surface area contributed by atoms with Crippen molar-refractivity contribution in [3.8, 4) is 0 Å². The molecule has 1 N–H and O–H groups in total. The van der Waals surface area contributed by atoms with Crippen molar-refractivity contribution in [1.29, 1.82) is 0 Å². The minimum Gasteiger partial charge on any atom is -0.324 e. The number of amides is 1. The summed E-state index contributed by atoms with van der Waals surface area (Å²) in [6.45, 7) is 5.40. The SMILES string of the molecule is CC(Cl)C(C)(C)C(=O)Nc1ccccc1Cl. The van der Waals surface area contributed by atoms with Gasteiger partial charge in [0.2, 0.25) is 5.91 Å². The Labute approximate surface area is 106 Å². The van der Waals surface area contributed by atoms with Crippen LogP contribution in [0.2, 0.25) is 5.02 Å². The molecule has 0 bridgehead atoms. The summed E-state index contributed by atoms with van der Waals surface area (Å²) in [6, 6.07) is 7.12. The summed E-state index contributed by atoms with van der Waals surface area (Å²) >= 11 is 11.9. The molecule has 1 atom stereocenters. The lowest BCUT2D eigenvalue weighted by atomic mass is 9.88. The van der Waals surface area contributed by atoms with Gasteiger partial charge in [0.15, 0.2) is 0 Å². The van der Waals surface area contributed by atoms with E-state index in [0.29, 0.717) is 10.7 Å². The van der Waals surface area contributed by atoms with E-state index in [1.807, 2.05) is 12.1 Å². The molecule has 0 heterocycles. The minimum atomic E-state index is -0.638. The first-order valence-electron chi connectivity index (χ1n) is 5.05. The molecule has 0 radical (unpaired) electrons. The Bertz CT molecular complexity index is 388. The highest BCUT2D eigenvalue weighted by Gasteiger charge is 2.33. The maximum Gasteiger partial charge on any atom is 0.231 e. The van der Waals surface area contributed by atoms with Crippen LogP contribution in [0.1, 0.15) is 20.8 Å². The fourth-order valence-corrected chi connectivity index (χ4v) is 1.31. The molecule has 0 saturated heterocycles. The first kappa shape index (κ1) is 13.3. The molecule has 0 saturated carbocycles. The van der Waals surface area contributed by atoms with E-state index >= 15 is 0 Å². The van der Waals surface area contributed by atoms with Crippen LogP contribution >= 0.6 is 23.2 Å². The molecule has 16 heavy (non-hydrogen) atoms. The monoisotopic (exact) mass is 259 g/mol. The Morgan fingerprint density at radius 2 is 1.94 bits per heavy atom. The smallest absolute Gasteiger partial charge is 0.231 e. The zero-order valence-corrected chi connectivity index (χ0v) is 11.1. The van der Waals surface area contributed by atoms with Crippen molar-refractivity contribution in [1.82, 2.24) is 0 Å². The van der Waals surface area contributed by atoms with Crippen LogP contribution in [0.15, 0.2) is 24.3 Å². The number of rotatable bonds is 3. The van der Waals surface area contributed by atoms with Crippen molar-refractivity contribution in [3.05, 3.63) is 29.3 Å². The highest BCUT2D eigenvalue weighted by Crippen LogP contribution is 2.28. The van der Waals surface area contributed by atoms with E-state index in [1.54, 1.807) is 32.9 Å². The summed E-state index contributed by atoms with van der Waals surface area (Å²) in [5.74, 6) is -0.136. The summed E-state index contributed by atoms with van der Waals surface area (Å²) in [6.07, 6.45) is 0. The Hall–Kier alpha value is -0.730. The zero-order chi connectivity index (χ0) is 12.3. The number of alkyl halides is 1. The lowest BCUT2D eigenvalue weighted by Gasteiger charge is -2.26. The van der Waals surface area contributed by atoms with Gasteiger partial charge < -0.3 is 5.32 Å². The Morgan fingerprint density at radius 3 is 2.44 bits per heavy atom. The fraction of sp³-hybridized carbons (Fsp3) is 0.417. The molecule has 2 nitrogen and oxygen atoms in total. The standard InChI is InChI=1S/C12H15Cl2NO/c1-8(13)12(2,3)11(16)15-10-7-5-4-6-9(10)14/h4-8H,1-3H3,(H,15,16). The summed E-state index contributed by atoms with van der Waals surface area (Å²) in [5.41, 5.74) is -0.0275. The van der Waals surface area contributed by atoms with Crippen molar-refractivity contribution >= 4 is 34.8 Å². The molecule has 0 aliphatic carbocycles. The maximum atomic E-state index is 12.0. The molecule has 1 rings (SSSR count). The first-order valence-corrected chi connectivity index (χ1v) is 5.87. The molecular weight excluding hydrogens is 245 g/mol. The summed E-state index contributed by atoms with van der Waals surface area (Å²) in [5, 5.41) is 3.04. The van der Waals surface area contributed by atoms with E-state index < -0.39 is 5.41 Å². The van der Waals surface area contributed by atoms with E-state index in [0.717, 1.165) is 0 Å². The van der Waals surface area contributed by atoms with Gasteiger partial charge in [0.1, 0.15) is 0 Å². The molecule has 1 aromatic carbocycles. The number of carbonyl (C=O) groups excluding carboxylic acids is 1. The van der Waals surface area contributed by atoms with Crippen LogP contribution in [0, 0.1) is 5.41 Å². The van der Waals surface area contributed by atoms with Gasteiger partial charge in [-0.1, -0.05) is 23.7 Å². The van der Waals surface area contributed by atoms with Gasteiger partial charge in [0, 0.05) is 5.38 Å². The molecule has 1 aromatic rings. The van der Waals surface area contributed by atoms with Gasteiger partial charge in [-0.05, 0) is 32.9 Å². The van der Waals surface area contributed by atoms with Crippen LogP contribution in [-0.4, -0.2) is 11.3 Å². The van der Waals surface area contributed by atoms with Gasteiger partial charge in [-0.2, -0.15) is 0 Å². The largest absolute Gasteiger partial charge is 0.324 e. The van der Waals surface area contributed by atoms with Crippen molar-refractivity contribution in [2.45, 2.75) is 26.1 Å². The summed E-state index contributed by atoms with van der Waals surface area (Å²) < 4.78 is 0. The predicted molar refractivity (Wildman–Crippen MR) is 69.2 cm³/mol. The molecule has 0 spiro atoms. The normalized spacial score (nSPS) is 13.3. The van der Waals surface area contributed by atoms with Gasteiger partial charge in [0.05, 0.1) is 16.1 Å². The third kappa shape index (κ3) is 2.89. The Kier molecular flexibility index (Phi) is 4.22. The second-order valence-corrected chi connectivity index (χ2v) is 5.33. The number of anilines is 1. The third-order valence-electron chi connectivity index (χ3n) is 2.70. The van der Waals surface area contributed by atoms with Gasteiger partial charge in [0.25, 0.3) is 0 Å². The van der Waals surface area contributed by atoms with Crippen molar-refractivity contribution in [3.63, 3.8) is 0 Å². The molecule has 88 valence electrons. The lowest BCUT2D eigenvalue weighted by Crippen LogP contribution is -2.37. The summed E-state index contributed by atoms with van der Waals surface area (Å²) in [4.78, 5) is 12.0.